The van der Waals surface area contributed by atoms with Gasteiger partial charge in [0.25, 0.3) is 15.9 Å². The fourth-order valence-electron chi connectivity index (χ4n) is 2.64. The van der Waals surface area contributed by atoms with E-state index in [2.05, 4.69) is 33.2 Å². The Balaban J connectivity index is 1.76. The summed E-state index contributed by atoms with van der Waals surface area (Å²) in [6.07, 6.45) is -1.18. The first-order chi connectivity index (χ1) is 13.5. The van der Waals surface area contributed by atoms with E-state index in [1.165, 1.54) is 18.2 Å². The molecule has 0 aromatic heterocycles. The third-order valence-corrected chi connectivity index (χ3v) is 7.15. The van der Waals surface area contributed by atoms with Crippen molar-refractivity contribution in [2.75, 3.05) is 11.9 Å². The van der Waals surface area contributed by atoms with Crippen molar-refractivity contribution >= 4 is 84.9 Å². The van der Waals surface area contributed by atoms with Crippen molar-refractivity contribution in [2.24, 2.45) is 0 Å². The number of hydrogen-bond donors (Lipinski definition) is 2. The van der Waals surface area contributed by atoms with Gasteiger partial charge in [-0.05, 0) is 59.0 Å². The number of hydrogen-bond acceptors (Lipinski definition) is 5. The summed E-state index contributed by atoms with van der Waals surface area (Å²) in [4.78, 5) is 24.8. The highest BCUT2D eigenvalue weighted by Crippen LogP contribution is 2.32. The van der Waals surface area contributed by atoms with E-state index in [1.807, 2.05) is 12.1 Å². The maximum absolute atomic E-state index is 12.6. The summed E-state index contributed by atoms with van der Waals surface area (Å²) in [5, 5.41) is 5.29. The molecule has 2 N–H and O–H groups in total. The number of amides is 2. The maximum atomic E-state index is 12.6. The minimum atomic E-state index is -4.12. The van der Waals surface area contributed by atoms with Crippen LogP contribution in [0.3, 0.4) is 0 Å². The molecule has 2 aromatic carbocycles. The second-order valence-electron chi connectivity index (χ2n) is 6.01. The van der Waals surface area contributed by atoms with Crippen LogP contribution in [0.2, 0.25) is 0 Å². The molecule has 1 aliphatic heterocycles. The van der Waals surface area contributed by atoms with E-state index in [1.54, 1.807) is 18.2 Å². The average molecular weight is 589 g/mol. The predicted molar refractivity (Wildman–Crippen MR) is 120 cm³/mol. The topological polar surface area (TPSA) is 95.6 Å². The second-order valence-corrected chi connectivity index (χ2v) is 11.5. The van der Waals surface area contributed by atoms with E-state index in [-0.39, 0.29) is 10.5 Å². The van der Waals surface area contributed by atoms with Crippen molar-refractivity contribution in [3.8, 4) is 0 Å². The lowest BCUT2D eigenvalue weighted by Crippen LogP contribution is -2.52. The molecule has 1 unspecified atom stereocenters. The Morgan fingerprint density at radius 3 is 2.31 bits per heavy atom. The van der Waals surface area contributed by atoms with Crippen LogP contribution < -0.4 is 10.6 Å². The summed E-state index contributed by atoms with van der Waals surface area (Å²) in [5.74, 6) is -1.60. The highest BCUT2D eigenvalue weighted by atomic mass is 127. The van der Waals surface area contributed by atoms with Crippen molar-refractivity contribution in [1.29, 1.82) is 0 Å². The number of anilines is 1. The molecule has 7 nitrogen and oxygen atoms in total. The molecule has 2 amide bonds. The van der Waals surface area contributed by atoms with Gasteiger partial charge in [-0.1, -0.05) is 46.9 Å². The molecule has 0 spiro atoms. The van der Waals surface area contributed by atoms with Crippen molar-refractivity contribution in [3.63, 3.8) is 0 Å². The molecule has 0 radical (unpaired) electrons. The van der Waals surface area contributed by atoms with E-state index in [0.717, 1.165) is 3.57 Å². The molecule has 3 rings (SSSR count). The van der Waals surface area contributed by atoms with Crippen molar-refractivity contribution in [2.45, 2.75) is 14.9 Å². The molecular weight excluding hydrogens is 576 g/mol. The fourth-order valence-corrected chi connectivity index (χ4v) is 4.85. The number of sulfonamides is 1. The van der Waals surface area contributed by atoms with Crippen LogP contribution >= 0.6 is 57.4 Å². The molecule has 12 heteroatoms. The Morgan fingerprint density at radius 1 is 1.10 bits per heavy atom. The summed E-state index contributed by atoms with van der Waals surface area (Å²) in [5.41, 5.74) is 0.578. The van der Waals surface area contributed by atoms with Crippen LogP contribution in [-0.2, 0) is 14.8 Å². The first-order valence-corrected chi connectivity index (χ1v) is 11.7. The zero-order valence-electron chi connectivity index (χ0n) is 14.4. The average Bonchev–Trinajstić information content (AvgIpc) is 2.83. The Hall–Kier alpha value is -1.27. The number of benzene rings is 2. The third kappa shape index (κ3) is 4.91. The van der Waals surface area contributed by atoms with Crippen LogP contribution in [0.1, 0.15) is 10.4 Å². The molecule has 29 heavy (non-hydrogen) atoms. The number of carbonyl (C=O) groups excluding carboxylic acids is 2. The molecule has 0 fully saturated rings. The van der Waals surface area contributed by atoms with Gasteiger partial charge in [-0.2, -0.15) is 0 Å². The van der Waals surface area contributed by atoms with Crippen LogP contribution in [0.15, 0.2) is 53.4 Å². The quantitative estimate of drug-likeness (QED) is 0.318. The molecular formula is C17H13Cl3IN3O4S. The molecule has 1 heterocycles. The Labute approximate surface area is 195 Å². The molecule has 0 saturated heterocycles. The van der Waals surface area contributed by atoms with Gasteiger partial charge in [0.05, 0.1) is 5.56 Å². The molecule has 0 saturated carbocycles. The minimum Gasteiger partial charge on any atom is -0.362 e. The number of rotatable bonds is 5. The van der Waals surface area contributed by atoms with Gasteiger partial charge in [0.15, 0.2) is 0 Å². The van der Waals surface area contributed by atoms with Crippen LogP contribution in [0.4, 0.5) is 5.69 Å². The lowest BCUT2D eigenvalue weighted by molar-refractivity contribution is -0.121. The van der Waals surface area contributed by atoms with E-state index < -0.39 is 38.3 Å². The van der Waals surface area contributed by atoms with Crippen LogP contribution in [0, 0.1) is 3.57 Å². The Bertz CT molecular complexity index is 1060. The number of nitrogens with one attached hydrogen (secondary N) is 2. The molecule has 154 valence electrons. The van der Waals surface area contributed by atoms with E-state index in [0.29, 0.717) is 9.99 Å². The van der Waals surface area contributed by atoms with Gasteiger partial charge in [-0.3, -0.25) is 9.59 Å². The highest BCUT2D eigenvalue weighted by Gasteiger charge is 2.42. The Morgan fingerprint density at radius 2 is 1.72 bits per heavy atom. The monoisotopic (exact) mass is 587 g/mol. The summed E-state index contributed by atoms with van der Waals surface area (Å²) >= 11 is 20.0. The van der Waals surface area contributed by atoms with Crippen LogP contribution in [0.25, 0.3) is 0 Å². The van der Waals surface area contributed by atoms with E-state index in [4.69, 9.17) is 34.8 Å². The van der Waals surface area contributed by atoms with E-state index >= 15 is 0 Å². The van der Waals surface area contributed by atoms with Gasteiger partial charge in [-0.25, -0.2) is 12.7 Å². The molecule has 0 aliphatic carbocycles. The first-order valence-electron chi connectivity index (χ1n) is 8.04. The smallest absolute Gasteiger partial charge is 0.269 e. The number of carbonyl (C=O) groups is 2. The summed E-state index contributed by atoms with van der Waals surface area (Å²) in [7, 11) is -4.12. The molecule has 0 bridgehead atoms. The molecule has 1 aliphatic rings. The molecule has 2 aromatic rings. The van der Waals surface area contributed by atoms with Gasteiger partial charge in [0.2, 0.25) is 9.70 Å². The second kappa shape index (κ2) is 8.46. The Kier molecular flexibility index (Phi) is 6.54. The zero-order valence-corrected chi connectivity index (χ0v) is 19.6. The van der Waals surface area contributed by atoms with Gasteiger partial charge < -0.3 is 10.6 Å². The third-order valence-electron chi connectivity index (χ3n) is 3.99. The summed E-state index contributed by atoms with van der Waals surface area (Å²) in [6.45, 7) is -0.749. The summed E-state index contributed by atoms with van der Waals surface area (Å²) in [6, 6.07) is 12.8. The first kappa shape index (κ1) is 22.4. The largest absolute Gasteiger partial charge is 0.362 e. The fraction of sp³-hybridized carbons (Fsp3) is 0.176. The van der Waals surface area contributed by atoms with Gasteiger partial charge in [0, 0.05) is 9.26 Å². The minimum absolute atomic E-state index is 0.00948. The molecule has 1 atom stereocenters. The lowest BCUT2D eigenvalue weighted by atomic mass is 10.2. The van der Waals surface area contributed by atoms with Crippen molar-refractivity contribution in [1.82, 2.24) is 9.62 Å². The number of nitrogens with zero attached hydrogens (tertiary/aromatic N) is 1. The van der Waals surface area contributed by atoms with Gasteiger partial charge >= 0.3 is 0 Å². The number of alkyl halides is 3. The maximum Gasteiger partial charge on any atom is 0.269 e. The van der Waals surface area contributed by atoms with E-state index in [9.17, 15) is 18.0 Å². The normalized spacial score (nSPS) is 16.3. The van der Waals surface area contributed by atoms with Gasteiger partial charge in [0.1, 0.15) is 17.6 Å². The van der Waals surface area contributed by atoms with Crippen molar-refractivity contribution in [3.05, 3.63) is 57.7 Å². The lowest BCUT2D eigenvalue weighted by Gasteiger charge is -2.28. The van der Waals surface area contributed by atoms with Crippen molar-refractivity contribution < 1.29 is 18.0 Å². The highest BCUT2D eigenvalue weighted by molar-refractivity contribution is 14.1. The standard InChI is InChI=1S/C17H13Cl3IN3O4S/c18-17(19,20)16(22-11-7-5-10(21)6-8-11)23-14(25)9-24-15(26)12-3-1-2-4-13(12)29(24,27)28/h1-8,16,22H,9H2,(H,23,25). The number of halogens is 4. The van der Waals surface area contributed by atoms with Crippen LogP contribution in [0.5, 0.6) is 0 Å². The number of fused-ring (bicyclic) bond motifs is 1. The van der Waals surface area contributed by atoms with Crippen LogP contribution in [-0.4, -0.2) is 41.0 Å². The SMILES string of the molecule is O=C(CN1C(=O)c2ccccc2S1(=O)=O)NC(Nc1ccc(I)cc1)C(Cl)(Cl)Cl. The predicted octanol–water partition coefficient (Wildman–Crippen LogP) is 3.36. The van der Waals surface area contributed by atoms with Gasteiger partial charge in [-0.15, -0.1) is 0 Å². The zero-order chi connectivity index (χ0) is 21.4. The summed E-state index contributed by atoms with van der Waals surface area (Å²) < 4.78 is 24.7.